The molecule has 110 valence electrons. The van der Waals surface area contributed by atoms with Gasteiger partial charge in [0.1, 0.15) is 6.04 Å². The molecule has 0 aliphatic carbocycles. The first-order chi connectivity index (χ1) is 9.56. The predicted molar refractivity (Wildman–Crippen MR) is 75.5 cm³/mol. The third-order valence-electron chi connectivity index (χ3n) is 4.53. The van der Waals surface area contributed by atoms with E-state index in [0.29, 0.717) is 17.9 Å². The summed E-state index contributed by atoms with van der Waals surface area (Å²) in [5, 5.41) is 14.6. The first-order valence-corrected chi connectivity index (χ1v) is 7.64. The van der Waals surface area contributed by atoms with Crippen LogP contribution in [-0.4, -0.2) is 43.9 Å². The lowest BCUT2D eigenvalue weighted by molar-refractivity contribution is -0.147. The second-order valence-corrected chi connectivity index (χ2v) is 6.36. The van der Waals surface area contributed by atoms with E-state index in [1.54, 1.807) is 17.1 Å². The highest BCUT2D eigenvalue weighted by atomic mass is 35.5. The largest absolute Gasteiger partial charge is 0.393 e. The molecule has 3 rings (SSSR count). The Morgan fingerprint density at radius 1 is 1.45 bits per heavy atom. The molecule has 2 saturated heterocycles. The lowest BCUT2D eigenvalue weighted by atomic mass is 9.82. The minimum absolute atomic E-state index is 0.0892. The van der Waals surface area contributed by atoms with E-state index in [4.69, 9.17) is 11.6 Å². The Hall–Kier alpha value is -1.07. The maximum absolute atomic E-state index is 12.8. The number of hydrogen-bond donors (Lipinski definition) is 1. The molecule has 6 heteroatoms. The zero-order chi connectivity index (χ0) is 14.3. The number of fused-ring (bicyclic) bond motifs is 2. The van der Waals surface area contributed by atoms with Crippen molar-refractivity contribution in [3.05, 3.63) is 17.4 Å². The molecule has 5 nitrogen and oxygen atoms in total. The topological polar surface area (TPSA) is 58.4 Å². The van der Waals surface area contributed by atoms with Crippen molar-refractivity contribution in [2.75, 3.05) is 0 Å². The van der Waals surface area contributed by atoms with E-state index >= 15 is 0 Å². The molecular formula is C14H20ClN3O2. The van der Waals surface area contributed by atoms with Gasteiger partial charge in [-0.2, -0.15) is 5.10 Å². The minimum Gasteiger partial charge on any atom is -0.393 e. The lowest BCUT2D eigenvalue weighted by Gasteiger charge is -2.48. The van der Waals surface area contributed by atoms with Crippen LogP contribution in [0.4, 0.5) is 0 Å². The monoisotopic (exact) mass is 297 g/mol. The summed E-state index contributed by atoms with van der Waals surface area (Å²) >= 11 is 5.87. The molecular weight excluding hydrogens is 278 g/mol. The molecule has 2 bridgehead atoms. The second kappa shape index (κ2) is 5.37. The van der Waals surface area contributed by atoms with Crippen LogP contribution >= 0.6 is 11.6 Å². The number of halogens is 1. The maximum atomic E-state index is 12.8. The Morgan fingerprint density at radius 2 is 2.10 bits per heavy atom. The number of nitrogens with zero attached hydrogens (tertiary/aromatic N) is 3. The lowest BCUT2D eigenvalue weighted by Crippen LogP contribution is -2.57. The van der Waals surface area contributed by atoms with Gasteiger partial charge in [-0.3, -0.25) is 9.48 Å². The van der Waals surface area contributed by atoms with Gasteiger partial charge in [0.25, 0.3) is 0 Å². The molecule has 1 aromatic heterocycles. The van der Waals surface area contributed by atoms with Crippen LogP contribution in [0, 0.1) is 0 Å². The molecule has 2 aliphatic heterocycles. The van der Waals surface area contributed by atoms with Gasteiger partial charge in [-0.05, 0) is 39.0 Å². The molecule has 3 heterocycles. The van der Waals surface area contributed by atoms with Gasteiger partial charge in [0.2, 0.25) is 5.91 Å². The van der Waals surface area contributed by atoms with Crippen LogP contribution in [0.15, 0.2) is 12.4 Å². The fraction of sp³-hybridized carbons (Fsp3) is 0.714. The Labute approximate surface area is 123 Å². The van der Waals surface area contributed by atoms with Gasteiger partial charge in [0.05, 0.1) is 17.3 Å². The molecule has 1 N–H and O–H groups in total. The maximum Gasteiger partial charge on any atom is 0.247 e. The van der Waals surface area contributed by atoms with E-state index in [9.17, 15) is 9.90 Å². The van der Waals surface area contributed by atoms with Gasteiger partial charge >= 0.3 is 0 Å². The van der Waals surface area contributed by atoms with Gasteiger partial charge in [0.15, 0.2) is 0 Å². The number of carbonyl (C=O) groups excluding carboxylic acids is 1. The first kappa shape index (κ1) is 13.9. The summed E-state index contributed by atoms with van der Waals surface area (Å²) in [6, 6.07) is 0.0119. The number of hydrogen-bond acceptors (Lipinski definition) is 3. The predicted octanol–water partition coefficient (Wildman–Crippen LogP) is 2.00. The van der Waals surface area contributed by atoms with Crippen LogP contribution in [0.2, 0.25) is 5.02 Å². The molecule has 0 spiro atoms. The number of rotatable bonds is 2. The third kappa shape index (κ3) is 2.44. The van der Waals surface area contributed by atoms with E-state index in [-0.39, 0.29) is 30.1 Å². The van der Waals surface area contributed by atoms with Crippen molar-refractivity contribution in [2.24, 2.45) is 0 Å². The molecule has 2 aliphatic rings. The Bertz CT molecular complexity index is 490. The summed E-state index contributed by atoms with van der Waals surface area (Å²) < 4.78 is 1.62. The zero-order valence-corrected chi connectivity index (χ0v) is 12.3. The SMILES string of the molecule is CC(C(=O)N1[C@@H]2CCC[C@H]1CC(O)C2)n1cc(Cl)cn1. The normalized spacial score (nSPS) is 31.1. The van der Waals surface area contributed by atoms with Crippen molar-refractivity contribution in [3.63, 3.8) is 0 Å². The number of aromatic nitrogens is 2. The minimum atomic E-state index is -0.346. The average Bonchev–Trinajstić information content (AvgIpc) is 2.82. The number of carbonyl (C=O) groups is 1. The van der Waals surface area contributed by atoms with Gasteiger partial charge in [-0.1, -0.05) is 11.6 Å². The van der Waals surface area contributed by atoms with E-state index in [2.05, 4.69) is 5.10 Å². The van der Waals surface area contributed by atoms with Gasteiger partial charge in [-0.25, -0.2) is 0 Å². The van der Waals surface area contributed by atoms with Crippen molar-refractivity contribution in [1.82, 2.24) is 14.7 Å². The van der Waals surface area contributed by atoms with Crippen LogP contribution in [-0.2, 0) is 4.79 Å². The van der Waals surface area contributed by atoms with Crippen molar-refractivity contribution < 1.29 is 9.90 Å². The smallest absolute Gasteiger partial charge is 0.247 e. The molecule has 2 fully saturated rings. The summed E-state index contributed by atoms with van der Waals surface area (Å²) in [4.78, 5) is 14.8. The van der Waals surface area contributed by atoms with E-state index in [1.165, 1.54) is 0 Å². The molecule has 4 atom stereocenters. The molecule has 0 aromatic carbocycles. The highest BCUT2D eigenvalue weighted by Crippen LogP contribution is 2.35. The molecule has 0 saturated carbocycles. The third-order valence-corrected chi connectivity index (χ3v) is 4.72. The molecule has 2 unspecified atom stereocenters. The van der Waals surface area contributed by atoms with Gasteiger partial charge in [-0.15, -0.1) is 0 Å². The van der Waals surface area contributed by atoms with Crippen molar-refractivity contribution in [2.45, 2.75) is 63.3 Å². The highest BCUT2D eigenvalue weighted by Gasteiger charge is 2.41. The van der Waals surface area contributed by atoms with E-state index in [0.717, 1.165) is 19.3 Å². The Kier molecular flexibility index (Phi) is 3.73. The fourth-order valence-electron chi connectivity index (χ4n) is 3.57. The Morgan fingerprint density at radius 3 is 2.65 bits per heavy atom. The number of piperidine rings is 2. The van der Waals surface area contributed by atoms with Crippen molar-refractivity contribution in [3.8, 4) is 0 Å². The van der Waals surface area contributed by atoms with Gasteiger partial charge in [0, 0.05) is 18.3 Å². The molecule has 0 radical (unpaired) electrons. The van der Waals surface area contributed by atoms with Crippen LogP contribution in [0.1, 0.15) is 45.1 Å². The summed E-state index contributed by atoms with van der Waals surface area (Å²) in [6.07, 6.45) is 7.50. The van der Waals surface area contributed by atoms with E-state index < -0.39 is 0 Å². The fourth-order valence-corrected chi connectivity index (χ4v) is 3.71. The number of aliphatic hydroxyl groups excluding tert-OH is 1. The van der Waals surface area contributed by atoms with Crippen molar-refractivity contribution in [1.29, 1.82) is 0 Å². The molecule has 1 amide bonds. The quantitative estimate of drug-likeness (QED) is 0.908. The molecule has 1 aromatic rings. The summed E-state index contributed by atoms with van der Waals surface area (Å²) in [5.41, 5.74) is 0. The molecule has 20 heavy (non-hydrogen) atoms. The van der Waals surface area contributed by atoms with Crippen molar-refractivity contribution >= 4 is 17.5 Å². The highest BCUT2D eigenvalue weighted by molar-refractivity contribution is 6.30. The van der Waals surface area contributed by atoms with Crippen LogP contribution in [0.5, 0.6) is 0 Å². The van der Waals surface area contributed by atoms with Crippen LogP contribution < -0.4 is 0 Å². The summed E-state index contributed by atoms with van der Waals surface area (Å²) in [6.45, 7) is 1.85. The number of amides is 1. The van der Waals surface area contributed by atoms with Crippen LogP contribution in [0.25, 0.3) is 0 Å². The van der Waals surface area contributed by atoms with Gasteiger partial charge < -0.3 is 10.0 Å². The van der Waals surface area contributed by atoms with Crippen LogP contribution in [0.3, 0.4) is 0 Å². The summed E-state index contributed by atoms with van der Waals surface area (Å²) in [7, 11) is 0. The average molecular weight is 298 g/mol. The zero-order valence-electron chi connectivity index (χ0n) is 11.6. The van der Waals surface area contributed by atoms with E-state index in [1.807, 2.05) is 11.8 Å². The summed E-state index contributed by atoms with van der Waals surface area (Å²) in [5.74, 6) is 0.0892. The second-order valence-electron chi connectivity index (χ2n) is 5.92. The Balaban J connectivity index is 1.79. The number of aliphatic hydroxyl groups is 1. The standard InChI is InChI=1S/C14H20ClN3O2/c1-9(17-8-10(15)7-16-17)14(20)18-11-3-2-4-12(18)6-13(19)5-11/h7-9,11-13,19H,2-6H2,1H3/t9?,11-,12+,13?. The first-order valence-electron chi connectivity index (χ1n) is 7.26.